The molecule has 0 spiro atoms. The molecule has 0 saturated heterocycles. The molecule has 1 heterocycles. The molecule has 0 bridgehead atoms. The summed E-state index contributed by atoms with van der Waals surface area (Å²) in [7, 11) is 0. The topological polar surface area (TPSA) is 4.93 Å². The van der Waals surface area contributed by atoms with Gasteiger partial charge in [-0.05, 0) is 90.3 Å². The van der Waals surface area contributed by atoms with E-state index in [4.69, 9.17) is 0 Å². The van der Waals surface area contributed by atoms with Crippen LogP contribution in [0, 0.1) is 0 Å². The highest BCUT2D eigenvalue weighted by Crippen LogP contribution is 2.39. The first-order chi connectivity index (χ1) is 23.3. The molecular formula is C46H29N. The lowest BCUT2D eigenvalue weighted by Gasteiger charge is -2.14. The summed E-state index contributed by atoms with van der Waals surface area (Å²) in [6.45, 7) is 0. The molecule has 1 nitrogen and oxygen atoms in total. The standard InChI is InChI=1S/C46H29N/c1-3-11-37-32(9-1)21-22-33-23-24-34(27-42(33)37)30-17-19-31(20-18-30)35-25-26-45-43(28-35)41-15-7-8-16-44(41)47(45)46-29-36-10-2-4-12-38(36)39-13-5-6-14-40(39)46/h1-29H. The Morgan fingerprint density at radius 2 is 0.723 bits per heavy atom. The van der Waals surface area contributed by atoms with Crippen LogP contribution in [0.15, 0.2) is 176 Å². The molecule has 10 rings (SSSR count). The van der Waals surface area contributed by atoms with Crippen LogP contribution in [0.5, 0.6) is 0 Å². The highest BCUT2D eigenvalue weighted by molar-refractivity contribution is 6.15. The van der Waals surface area contributed by atoms with Gasteiger partial charge in [0, 0.05) is 16.2 Å². The quantitative estimate of drug-likeness (QED) is 0.179. The fourth-order valence-corrected chi connectivity index (χ4v) is 7.67. The molecule has 0 aliphatic carbocycles. The monoisotopic (exact) mass is 595 g/mol. The van der Waals surface area contributed by atoms with Crippen molar-refractivity contribution in [1.29, 1.82) is 0 Å². The fraction of sp³-hybridized carbons (Fsp3) is 0. The second-order valence-corrected chi connectivity index (χ2v) is 12.5. The maximum Gasteiger partial charge on any atom is 0.0546 e. The van der Waals surface area contributed by atoms with Crippen molar-refractivity contribution in [2.24, 2.45) is 0 Å². The molecule has 218 valence electrons. The van der Waals surface area contributed by atoms with E-state index in [-0.39, 0.29) is 0 Å². The van der Waals surface area contributed by atoms with Gasteiger partial charge >= 0.3 is 0 Å². The molecule has 0 radical (unpaired) electrons. The van der Waals surface area contributed by atoms with Crippen LogP contribution in [-0.2, 0) is 0 Å². The molecule has 10 aromatic rings. The van der Waals surface area contributed by atoms with E-state index in [0.717, 1.165) is 0 Å². The van der Waals surface area contributed by atoms with E-state index in [1.54, 1.807) is 0 Å². The third-order valence-corrected chi connectivity index (χ3v) is 9.96. The number of nitrogens with zero attached hydrogens (tertiary/aromatic N) is 1. The van der Waals surface area contributed by atoms with Crippen LogP contribution in [0.25, 0.3) is 92.8 Å². The van der Waals surface area contributed by atoms with Crippen molar-refractivity contribution >= 4 is 64.9 Å². The van der Waals surface area contributed by atoms with Crippen molar-refractivity contribution in [3.8, 4) is 27.9 Å². The molecular weight excluding hydrogens is 567 g/mol. The smallest absolute Gasteiger partial charge is 0.0546 e. The summed E-state index contributed by atoms with van der Waals surface area (Å²) < 4.78 is 2.45. The van der Waals surface area contributed by atoms with Crippen molar-refractivity contribution < 1.29 is 0 Å². The molecule has 0 aliphatic heterocycles. The minimum atomic E-state index is 1.21. The maximum atomic E-state index is 2.45. The van der Waals surface area contributed by atoms with Crippen molar-refractivity contribution in [2.45, 2.75) is 0 Å². The summed E-state index contributed by atoms with van der Waals surface area (Å²) in [6.07, 6.45) is 0. The van der Waals surface area contributed by atoms with E-state index >= 15 is 0 Å². The average Bonchev–Trinajstić information content (AvgIpc) is 3.48. The zero-order chi connectivity index (χ0) is 30.9. The van der Waals surface area contributed by atoms with Crippen molar-refractivity contribution in [3.05, 3.63) is 176 Å². The third-order valence-electron chi connectivity index (χ3n) is 9.96. The van der Waals surface area contributed by atoms with Gasteiger partial charge in [0.05, 0.1) is 16.7 Å². The Balaban J connectivity index is 1.11. The number of aromatic nitrogens is 1. The molecule has 0 saturated carbocycles. The summed E-state index contributed by atoms with van der Waals surface area (Å²) in [5.41, 5.74) is 8.56. The number of rotatable bonds is 3. The van der Waals surface area contributed by atoms with Crippen molar-refractivity contribution in [3.63, 3.8) is 0 Å². The number of hydrogen-bond acceptors (Lipinski definition) is 0. The minimum Gasteiger partial charge on any atom is -0.309 e. The average molecular weight is 596 g/mol. The predicted molar refractivity (Wildman–Crippen MR) is 202 cm³/mol. The number of benzene rings is 9. The molecule has 0 N–H and O–H groups in total. The van der Waals surface area contributed by atoms with Gasteiger partial charge in [-0.1, -0.05) is 146 Å². The highest BCUT2D eigenvalue weighted by atomic mass is 15.0. The first kappa shape index (κ1) is 26.1. The van der Waals surface area contributed by atoms with Gasteiger partial charge in [0.15, 0.2) is 0 Å². The maximum absolute atomic E-state index is 2.45. The van der Waals surface area contributed by atoms with Gasteiger partial charge < -0.3 is 4.57 Å². The molecule has 0 aliphatic rings. The first-order valence-corrected chi connectivity index (χ1v) is 16.3. The highest BCUT2D eigenvalue weighted by Gasteiger charge is 2.16. The zero-order valence-corrected chi connectivity index (χ0v) is 25.7. The first-order valence-electron chi connectivity index (χ1n) is 16.3. The van der Waals surface area contributed by atoms with E-state index in [1.165, 1.54) is 92.8 Å². The SMILES string of the molecule is c1ccc2c(c1)ccc1ccc(-c3ccc(-c4ccc5c(c4)c4ccccc4n5-c4cc5ccccc5c5ccccc45)cc3)cc12. The lowest BCUT2D eigenvalue weighted by atomic mass is 9.95. The number of hydrogen-bond donors (Lipinski definition) is 0. The van der Waals surface area contributed by atoms with Gasteiger partial charge in [-0.25, -0.2) is 0 Å². The lowest BCUT2D eigenvalue weighted by Crippen LogP contribution is -1.96. The van der Waals surface area contributed by atoms with E-state index in [1.807, 2.05) is 0 Å². The van der Waals surface area contributed by atoms with Crippen LogP contribution in [0.2, 0.25) is 0 Å². The molecule has 0 fully saturated rings. The van der Waals surface area contributed by atoms with E-state index < -0.39 is 0 Å². The number of para-hydroxylation sites is 1. The van der Waals surface area contributed by atoms with E-state index in [9.17, 15) is 0 Å². The summed E-state index contributed by atoms with van der Waals surface area (Å²) in [6, 6.07) is 64.6. The predicted octanol–water partition coefficient (Wildman–Crippen LogP) is 12.7. The van der Waals surface area contributed by atoms with E-state index in [2.05, 4.69) is 180 Å². The molecule has 47 heavy (non-hydrogen) atoms. The fourth-order valence-electron chi connectivity index (χ4n) is 7.67. The molecule has 1 heteroatoms. The van der Waals surface area contributed by atoms with Gasteiger partial charge in [0.1, 0.15) is 0 Å². The molecule has 0 unspecified atom stereocenters. The molecule has 9 aromatic carbocycles. The normalized spacial score (nSPS) is 11.8. The van der Waals surface area contributed by atoms with E-state index in [0.29, 0.717) is 0 Å². The molecule has 0 amide bonds. The number of fused-ring (bicyclic) bond motifs is 9. The lowest BCUT2D eigenvalue weighted by molar-refractivity contribution is 1.20. The Kier molecular flexibility index (Phi) is 5.64. The Morgan fingerprint density at radius 1 is 0.255 bits per heavy atom. The van der Waals surface area contributed by atoms with Crippen LogP contribution in [0.3, 0.4) is 0 Å². The minimum absolute atomic E-state index is 1.21. The van der Waals surface area contributed by atoms with Gasteiger partial charge in [-0.2, -0.15) is 0 Å². The second kappa shape index (κ2) is 10.2. The summed E-state index contributed by atoms with van der Waals surface area (Å²) in [5, 5.41) is 12.8. The van der Waals surface area contributed by atoms with Crippen LogP contribution >= 0.6 is 0 Å². The van der Waals surface area contributed by atoms with Gasteiger partial charge in [0.25, 0.3) is 0 Å². The van der Waals surface area contributed by atoms with Gasteiger partial charge in [-0.15, -0.1) is 0 Å². The van der Waals surface area contributed by atoms with Crippen molar-refractivity contribution in [1.82, 2.24) is 4.57 Å². The molecule has 1 aromatic heterocycles. The van der Waals surface area contributed by atoms with Gasteiger partial charge in [-0.3, -0.25) is 0 Å². The summed E-state index contributed by atoms with van der Waals surface area (Å²) in [4.78, 5) is 0. The molecule has 0 atom stereocenters. The largest absolute Gasteiger partial charge is 0.309 e. The Hall–Kier alpha value is -6.18. The Morgan fingerprint density at radius 3 is 1.47 bits per heavy atom. The third kappa shape index (κ3) is 4.03. The Labute approximate surface area is 272 Å². The van der Waals surface area contributed by atoms with Crippen LogP contribution < -0.4 is 0 Å². The summed E-state index contributed by atoms with van der Waals surface area (Å²) >= 11 is 0. The van der Waals surface area contributed by atoms with Crippen molar-refractivity contribution in [2.75, 3.05) is 0 Å². The zero-order valence-electron chi connectivity index (χ0n) is 25.7. The summed E-state index contributed by atoms with van der Waals surface area (Å²) in [5.74, 6) is 0. The second-order valence-electron chi connectivity index (χ2n) is 12.5. The van der Waals surface area contributed by atoms with Crippen LogP contribution in [0.4, 0.5) is 0 Å². The Bertz CT molecular complexity index is 2830. The van der Waals surface area contributed by atoms with Gasteiger partial charge in [0.2, 0.25) is 0 Å². The van der Waals surface area contributed by atoms with Crippen LogP contribution in [-0.4, -0.2) is 4.57 Å². The van der Waals surface area contributed by atoms with Crippen LogP contribution in [0.1, 0.15) is 0 Å².